The molecule has 1 aromatic heterocycles. The minimum Gasteiger partial charge on any atom is -0.408 e. The van der Waals surface area contributed by atoms with Crippen molar-refractivity contribution in [2.45, 2.75) is 0 Å². The average Bonchev–Trinajstić information content (AvgIpc) is 2.57. The molecule has 0 atom stereocenters. The van der Waals surface area contributed by atoms with E-state index in [-0.39, 0.29) is 5.58 Å². The van der Waals surface area contributed by atoms with Gasteiger partial charge in [0.15, 0.2) is 5.58 Å². The molecular weight excluding hydrogens is 214 g/mol. The quantitative estimate of drug-likeness (QED) is 0.565. The van der Waals surface area contributed by atoms with Gasteiger partial charge in [-0.15, -0.1) is 0 Å². The molecule has 0 saturated carbocycles. The number of rotatable bonds is 1. The molecule has 0 saturated heterocycles. The largest absolute Gasteiger partial charge is 0.417 e. The van der Waals surface area contributed by atoms with Gasteiger partial charge >= 0.3 is 17.6 Å². The van der Waals surface area contributed by atoms with Crippen LogP contribution in [0.25, 0.3) is 11.1 Å². The number of amides is 2. The van der Waals surface area contributed by atoms with Gasteiger partial charge in [-0.25, -0.2) is 4.79 Å². The van der Waals surface area contributed by atoms with Crippen molar-refractivity contribution in [2.24, 2.45) is 5.73 Å². The SMILES string of the molecule is NC(=O)C(=O)Nc1ccc2[nH]c(=O)oc2c1. The first-order valence-corrected chi connectivity index (χ1v) is 4.30. The Labute approximate surface area is 88.2 Å². The Bertz CT molecular complexity index is 625. The van der Waals surface area contributed by atoms with Crippen LogP contribution in [0.2, 0.25) is 0 Å². The summed E-state index contributed by atoms with van der Waals surface area (Å²) in [6.45, 7) is 0. The number of fused-ring (bicyclic) bond motifs is 1. The van der Waals surface area contributed by atoms with Gasteiger partial charge in [0.1, 0.15) is 0 Å². The fourth-order valence-corrected chi connectivity index (χ4v) is 1.22. The van der Waals surface area contributed by atoms with Crippen molar-refractivity contribution in [1.82, 2.24) is 4.98 Å². The van der Waals surface area contributed by atoms with E-state index in [1.807, 2.05) is 0 Å². The molecule has 0 spiro atoms. The second kappa shape index (κ2) is 3.54. The highest BCUT2D eigenvalue weighted by atomic mass is 16.4. The zero-order chi connectivity index (χ0) is 11.7. The minimum absolute atomic E-state index is 0.285. The highest BCUT2D eigenvalue weighted by molar-refractivity contribution is 6.39. The van der Waals surface area contributed by atoms with Gasteiger partial charge in [0.2, 0.25) is 0 Å². The Morgan fingerprint density at radius 3 is 2.81 bits per heavy atom. The van der Waals surface area contributed by atoms with E-state index in [1.165, 1.54) is 18.2 Å². The molecule has 82 valence electrons. The van der Waals surface area contributed by atoms with Crippen molar-refractivity contribution in [1.29, 1.82) is 0 Å². The van der Waals surface area contributed by atoms with E-state index in [0.29, 0.717) is 11.2 Å². The van der Waals surface area contributed by atoms with Crippen LogP contribution in [0.3, 0.4) is 0 Å². The van der Waals surface area contributed by atoms with Gasteiger partial charge < -0.3 is 15.5 Å². The third-order valence-corrected chi connectivity index (χ3v) is 1.90. The fraction of sp³-hybridized carbons (Fsp3) is 0. The molecular formula is C9H7N3O4. The van der Waals surface area contributed by atoms with Crippen LogP contribution in [0.1, 0.15) is 0 Å². The van der Waals surface area contributed by atoms with E-state index < -0.39 is 17.6 Å². The molecule has 0 radical (unpaired) electrons. The van der Waals surface area contributed by atoms with E-state index in [0.717, 1.165) is 0 Å². The van der Waals surface area contributed by atoms with Gasteiger partial charge in [-0.05, 0) is 12.1 Å². The maximum Gasteiger partial charge on any atom is 0.417 e. The maximum absolute atomic E-state index is 11.0. The summed E-state index contributed by atoms with van der Waals surface area (Å²) in [5.74, 6) is -2.61. The Morgan fingerprint density at radius 1 is 1.38 bits per heavy atom. The lowest BCUT2D eigenvalue weighted by Gasteiger charge is -2.00. The Balaban J connectivity index is 2.36. The highest BCUT2D eigenvalue weighted by Crippen LogP contribution is 2.15. The summed E-state index contributed by atoms with van der Waals surface area (Å²) in [7, 11) is 0. The van der Waals surface area contributed by atoms with Crippen molar-refractivity contribution in [3.8, 4) is 0 Å². The van der Waals surface area contributed by atoms with Crippen molar-refractivity contribution < 1.29 is 14.0 Å². The molecule has 7 heteroatoms. The summed E-state index contributed by atoms with van der Waals surface area (Å²) in [6, 6.07) is 4.46. The number of aromatic nitrogens is 1. The van der Waals surface area contributed by atoms with Crippen LogP contribution in [0.4, 0.5) is 5.69 Å². The fourth-order valence-electron chi connectivity index (χ4n) is 1.22. The van der Waals surface area contributed by atoms with Gasteiger partial charge in [0.05, 0.1) is 5.52 Å². The highest BCUT2D eigenvalue weighted by Gasteiger charge is 2.09. The molecule has 0 fully saturated rings. The summed E-state index contributed by atoms with van der Waals surface area (Å²) >= 11 is 0. The average molecular weight is 221 g/mol. The molecule has 16 heavy (non-hydrogen) atoms. The van der Waals surface area contributed by atoms with E-state index in [4.69, 9.17) is 10.2 Å². The number of hydrogen-bond acceptors (Lipinski definition) is 4. The normalized spacial score (nSPS) is 10.2. The predicted octanol–water partition coefficient (Wildman–Crippen LogP) is -0.455. The molecule has 2 aromatic rings. The maximum atomic E-state index is 11.0. The molecule has 2 amide bonds. The number of hydrogen-bond donors (Lipinski definition) is 3. The summed E-state index contributed by atoms with van der Waals surface area (Å²) in [5, 5.41) is 2.25. The number of aromatic amines is 1. The Morgan fingerprint density at radius 2 is 2.12 bits per heavy atom. The molecule has 0 bridgehead atoms. The van der Waals surface area contributed by atoms with Crippen molar-refractivity contribution >= 4 is 28.6 Å². The lowest BCUT2D eigenvalue weighted by Crippen LogP contribution is -2.29. The molecule has 0 aliphatic rings. The number of carbonyl (C=O) groups excluding carboxylic acids is 2. The smallest absolute Gasteiger partial charge is 0.408 e. The first-order valence-electron chi connectivity index (χ1n) is 4.30. The van der Waals surface area contributed by atoms with E-state index in [2.05, 4.69) is 10.3 Å². The zero-order valence-electron chi connectivity index (χ0n) is 7.94. The summed E-state index contributed by atoms with van der Waals surface area (Å²) in [6.07, 6.45) is 0. The van der Waals surface area contributed by atoms with Gasteiger partial charge in [-0.2, -0.15) is 0 Å². The molecule has 0 unspecified atom stereocenters. The number of H-pyrrole nitrogens is 1. The van der Waals surface area contributed by atoms with Gasteiger partial charge in [0.25, 0.3) is 0 Å². The minimum atomic E-state index is -1.09. The van der Waals surface area contributed by atoms with Gasteiger partial charge in [-0.1, -0.05) is 0 Å². The number of oxazole rings is 1. The van der Waals surface area contributed by atoms with Gasteiger partial charge in [0, 0.05) is 11.8 Å². The molecule has 0 aliphatic carbocycles. The lowest BCUT2D eigenvalue weighted by molar-refractivity contribution is -0.134. The van der Waals surface area contributed by atoms with Crippen molar-refractivity contribution in [2.75, 3.05) is 5.32 Å². The summed E-state index contributed by atoms with van der Waals surface area (Å²) in [4.78, 5) is 34.8. The van der Waals surface area contributed by atoms with Crippen molar-refractivity contribution in [3.63, 3.8) is 0 Å². The number of primary amides is 1. The first-order chi connectivity index (χ1) is 7.56. The zero-order valence-corrected chi connectivity index (χ0v) is 7.94. The Hall–Kier alpha value is -2.57. The number of benzene rings is 1. The predicted molar refractivity (Wildman–Crippen MR) is 54.7 cm³/mol. The molecule has 7 nitrogen and oxygen atoms in total. The second-order valence-electron chi connectivity index (χ2n) is 3.04. The lowest BCUT2D eigenvalue weighted by atomic mass is 10.3. The molecule has 1 aromatic carbocycles. The standard InChI is InChI=1S/C9H7N3O4/c10-7(13)8(14)11-4-1-2-5-6(3-4)16-9(15)12-5/h1-3H,(H2,10,13)(H,11,14)(H,12,15). The molecule has 2 rings (SSSR count). The van der Waals surface area contributed by atoms with Crippen molar-refractivity contribution in [3.05, 3.63) is 28.7 Å². The Kier molecular flexibility index (Phi) is 2.20. The molecule has 0 aliphatic heterocycles. The number of nitrogens with two attached hydrogens (primary N) is 1. The van der Waals surface area contributed by atoms with E-state index in [1.54, 1.807) is 0 Å². The van der Waals surface area contributed by atoms with Gasteiger partial charge in [-0.3, -0.25) is 14.6 Å². The van der Waals surface area contributed by atoms with Crippen LogP contribution in [0.15, 0.2) is 27.4 Å². The third-order valence-electron chi connectivity index (χ3n) is 1.90. The third kappa shape index (κ3) is 1.78. The van der Waals surface area contributed by atoms with Crippen LogP contribution < -0.4 is 16.8 Å². The van der Waals surface area contributed by atoms with Crippen LogP contribution in [0, 0.1) is 0 Å². The van der Waals surface area contributed by atoms with Crippen LogP contribution in [-0.2, 0) is 9.59 Å². The monoisotopic (exact) mass is 221 g/mol. The van der Waals surface area contributed by atoms with E-state index in [9.17, 15) is 14.4 Å². The number of anilines is 1. The van der Waals surface area contributed by atoms with Crippen LogP contribution in [-0.4, -0.2) is 16.8 Å². The van der Waals surface area contributed by atoms with Crippen LogP contribution >= 0.6 is 0 Å². The molecule has 1 heterocycles. The summed E-state index contributed by atoms with van der Waals surface area (Å²) in [5.41, 5.74) is 5.87. The molecule has 4 N–H and O–H groups in total. The van der Waals surface area contributed by atoms with E-state index >= 15 is 0 Å². The first kappa shape index (κ1) is 9.97. The second-order valence-corrected chi connectivity index (χ2v) is 3.04. The number of carbonyl (C=O) groups is 2. The number of nitrogens with one attached hydrogen (secondary N) is 2. The topological polar surface area (TPSA) is 118 Å². The van der Waals surface area contributed by atoms with Crippen LogP contribution in [0.5, 0.6) is 0 Å². The summed E-state index contributed by atoms with van der Waals surface area (Å²) < 4.78 is 4.77.